The fourth-order valence-corrected chi connectivity index (χ4v) is 2.39. The third kappa shape index (κ3) is 2.83. The van der Waals surface area contributed by atoms with Crippen molar-refractivity contribution in [3.05, 3.63) is 28.8 Å². The first-order valence-corrected chi connectivity index (χ1v) is 6.42. The lowest BCUT2D eigenvalue weighted by Crippen LogP contribution is -2.44. The van der Waals surface area contributed by atoms with E-state index < -0.39 is 6.10 Å². The molecule has 1 heterocycles. The smallest absolute Gasteiger partial charge is 0.257 e. The van der Waals surface area contributed by atoms with Crippen molar-refractivity contribution in [2.75, 3.05) is 27.2 Å². The van der Waals surface area contributed by atoms with Crippen molar-refractivity contribution < 1.29 is 14.6 Å². The van der Waals surface area contributed by atoms with Crippen molar-refractivity contribution in [2.24, 2.45) is 0 Å². The quantitative estimate of drug-likeness (QED) is 0.860. The van der Waals surface area contributed by atoms with Gasteiger partial charge in [-0.1, -0.05) is 11.6 Å². The lowest BCUT2D eigenvalue weighted by molar-refractivity contribution is 0.0578. The van der Waals surface area contributed by atoms with E-state index in [1.54, 1.807) is 25.2 Å². The molecule has 0 bridgehead atoms. The number of likely N-dealkylation sites (N-methyl/N-ethyl adjacent to an activating group) is 1. The summed E-state index contributed by atoms with van der Waals surface area (Å²) in [5.74, 6) is 0.242. The first-order chi connectivity index (χ1) is 9.04. The van der Waals surface area contributed by atoms with Crippen molar-refractivity contribution in [3.8, 4) is 5.75 Å². The maximum atomic E-state index is 12.4. The third-order valence-electron chi connectivity index (χ3n) is 3.36. The van der Waals surface area contributed by atoms with Gasteiger partial charge in [-0.3, -0.25) is 4.79 Å². The summed E-state index contributed by atoms with van der Waals surface area (Å²) in [5, 5.41) is 13.4. The fourth-order valence-electron chi connectivity index (χ4n) is 2.23. The van der Waals surface area contributed by atoms with Crippen molar-refractivity contribution in [3.63, 3.8) is 0 Å². The zero-order valence-corrected chi connectivity index (χ0v) is 11.6. The molecule has 1 aromatic carbocycles. The van der Waals surface area contributed by atoms with Crippen molar-refractivity contribution in [2.45, 2.75) is 12.1 Å². The molecule has 0 aromatic heterocycles. The molecule has 2 atom stereocenters. The second kappa shape index (κ2) is 5.77. The largest absolute Gasteiger partial charge is 0.496 e. The minimum atomic E-state index is -0.549. The number of β-amino-alcohol motifs (C(OH)–C–C–N with tert-alkyl or cyclic N) is 1. The van der Waals surface area contributed by atoms with E-state index in [0.29, 0.717) is 29.4 Å². The summed E-state index contributed by atoms with van der Waals surface area (Å²) in [6.45, 7) is 1.08. The molecule has 1 aromatic rings. The number of methoxy groups -OCH3 is 1. The number of nitrogens with zero attached hydrogens (tertiary/aromatic N) is 1. The highest BCUT2D eigenvalue weighted by Crippen LogP contribution is 2.25. The van der Waals surface area contributed by atoms with Crippen LogP contribution in [0.15, 0.2) is 18.2 Å². The first-order valence-electron chi connectivity index (χ1n) is 6.04. The van der Waals surface area contributed by atoms with Gasteiger partial charge < -0.3 is 20.1 Å². The predicted molar refractivity (Wildman–Crippen MR) is 72.8 cm³/mol. The molecule has 1 amide bonds. The van der Waals surface area contributed by atoms with Crippen LogP contribution < -0.4 is 10.1 Å². The van der Waals surface area contributed by atoms with Gasteiger partial charge in [0, 0.05) is 25.2 Å². The Labute approximate surface area is 117 Å². The number of aliphatic hydroxyl groups excluding tert-OH is 1. The SMILES string of the molecule is COc1cc(Cl)ccc1C(=O)N(C)[C@H]1CNC[C@@H]1O. The summed E-state index contributed by atoms with van der Waals surface area (Å²) in [7, 11) is 3.17. The molecular weight excluding hydrogens is 268 g/mol. The number of nitrogens with one attached hydrogen (secondary N) is 1. The second-order valence-corrected chi connectivity index (χ2v) is 4.99. The van der Waals surface area contributed by atoms with Crippen LogP contribution in [0.3, 0.4) is 0 Å². The number of aliphatic hydroxyl groups is 1. The highest BCUT2D eigenvalue weighted by molar-refractivity contribution is 6.30. The number of amides is 1. The molecule has 0 radical (unpaired) electrons. The molecule has 1 aliphatic rings. The second-order valence-electron chi connectivity index (χ2n) is 4.55. The van der Waals surface area contributed by atoms with E-state index in [2.05, 4.69) is 5.32 Å². The summed E-state index contributed by atoms with van der Waals surface area (Å²) in [6.07, 6.45) is -0.549. The van der Waals surface area contributed by atoms with Gasteiger partial charge in [-0.2, -0.15) is 0 Å². The van der Waals surface area contributed by atoms with Crippen LogP contribution in [0, 0.1) is 0 Å². The van der Waals surface area contributed by atoms with E-state index in [4.69, 9.17) is 16.3 Å². The summed E-state index contributed by atoms with van der Waals surface area (Å²) < 4.78 is 5.18. The van der Waals surface area contributed by atoms with E-state index in [1.807, 2.05) is 0 Å². The van der Waals surface area contributed by atoms with E-state index in [1.165, 1.54) is 12.0 Å². The number of benzene rings is 1. The number of hydrogen-bond donors (Lipinski definition) is 2. The van der Waals surface area contributed by atoms with Crippen LogP contribution in [0.25, 0.3) is 0 Å². The molecule has 1 saturated heterocycles. The first kappa shape index (κ1) is 14.1. The van der Waals surface area contributed by atoms with Crippen molar-refractivity contribution in [1.29, 1.82) is 0 Å². The molecule has 0 unspecified atom stereocenters. The Morgan fingerprint density at radius 1 is 1.53 bits per heavy atom. The van der Waals surface area contributed by atoms with Gasteiger partial charge in [-0.05, 0) is 18.2 Å². The van der Waals surface area contributed by atoms with Crippen molar-refractivity contribution >= 4 is 17.5 Å². The van der Waals surface area contributed by atoms with Gasteiger partial charge in [-0.25, -0.2) is 0 Å². The van der Waals surface area contributed by atoms with E-state index in [0.717, 1.165) is 0 Å². The average Bonchev–Trinajstić information content (AvgIpc) is 2.83. The predicted octanol–water partition coefficient (Wildman–Crippen LogP) is 0.753. The highest BCUT2D eigenvalue weighted by atomic mass is 35.5. The molecular formula is C13H17ClN2O3. The molecule has 2 rings (SSSR count). The van der Waals surface area contributed by atoms with E-state index >= 15 is 0 Å². The molecule has 6 heteroatoms. The molecule has 1 fully saturated rings. The van der Waals surface area contributed by atoms with Crippen LogP contribution in [0.5, 0.6) is 5.75 Å². The zero-order valence-electron chi connectivity index (χ0n) is 10.9. The normalized spacial score (nSPS) is 22.3. The zero-order chi connectivity index (χ0) is 14.0. The standard InChI is InChI=1S/C13H17ClN2O3/c1-16(10-6-15-7-11(10)17)13(18)9-4-3-8(14)5-12(9)19-2/h3-5,10-11,15,17H,6-7H2,1-2H3/t10-,11-/m0/s1. The Hall–Kier alpha value is -1.30. The summed E-state index contributed by atoms with van der Waals surface area (Å²) in [4.78, 5) is 14.0. The van der Waals surface area contributed by atoms with Crippen LogP contribution >= 0.6 is 11.6 Å². The average molecular weight is 285 g/mol. The summed E-state index contributed by atoms with van der Waals surface area (Å²) in [5.41, 5.74) is 0.438. The maximum absolute atomic E-state index is 12.4. The Bertz CT molecular complexity index is 481. The summed E-state index contributed by atoms with van der Waals surface area (Å²) in [6, 6.07) is 4.66. The molecule has 0 aliphatic carbocycles. The van der Waals surface area contributed by atoms with Crippen LogP contribution in [-0.2, 0) is 0 Å². The lowest BCUT2D eigenvalue weighted by atomic mass is 10.1. The molecule has 0 saturated carbocycles. The number of ether oxygens (including phenoxy) is 1. The summed E-state index contributed by atoms with van der Waals surface area (Å²) >= 11 is 5.88. The molecule has 0 spiro atoms. The van der Waals surface area contributed by atoms with Crippen LogP contribution in [0.4, 0.5) is 0 Å². The van der Waals surface area contributed by atoms with Gasteiger partial charge in [0.25, 0.3) is 5.91 Å². The lowest BCUT2D eigenvalue weighted by Gasteiger charge is -2.27. The molecule has 104 valence electrons. The molecule has 19 heavy (non-hydrogen) atoms. The number of carbonyl (C=O) groups is 1. The number of halogens is 1. The monoisotopic (exact) mass is 284 g/mol. The van der Waals surface area contributed by atoms with E-state index in [-0.39, 0.29) is 11.9 Å². The van der Waals surface area contributed by atoms with Crippen molar-refractivity contribution in [1.82, 2.24) is 10.2 Å². The van der Waals surface area contributed by atoms with Gasteiger partial charge >= 0.3 is 0 Å². The van der Waals surface area contributed by atoms with Gasteiger partial charge in [0.2, 0.25) is 0 Å². The minimum Gasteiger partial charge on any atom is -0.496 e. The van der Waals surface area contributed by atoms with E-state index in [9.17, 15) is 9.90 Å². The maximum Gasteiger partial charge on any atom is 0.257 e. The minimum absolute atomic E-state index is 0.193. The van der Waals surface area contributed by atoms with Gasteiger partial charge in [0.1, 0.15) is 5.75 Å². The van der Waals surface area contributed by atoms with Gasteiger partial charge in [-0.15, -0.1) is 0 Å². The fraction of sp³-hybridized carbons (Fsp3) is 0.462. The van der Waals surface area contributed by atoms with Gasteiger partial charge in [0.05, 0.1) is 24.8 Å². The van der Waals surface area contributed by atoms with Crippen LogP contribution in [-0.4, -0.2) is 55.3 Å². The van der Waals surface area contributed by atoms with Crippen LogP contribution in [0.1, 0.15) is 10.4 Å². The Morgan fingerprint density at radius 3 is 2.84 bits per heavy atom. The number of rotatable bonds is 3. The van der Waals surface area contributed by atoms with Gasteiger partial charge in [0.15, 0.2) is 0 Å². The Morgan fingerprint density at radius 2 is 2.26 bits per heavy atom. The number of hydrogen-bond acceptors (Lipinski definition) is 4. The third-order valence-corrected chi connectivity index (χ3v) is 3.60. The topological polar surface area (TPSA) is 61.8 Å². The molecule has 2 N–H and O–H groups in total. The Balaban J connectivity index is 2.23. The highest BCUT2D eigenvalue weighted by Gasteiger charge is 2.32. The number of carbonyl (C=O) groups excluding carboxylic acids is 1. The Kier molecular flexibility index (Phi) is 4.29. The molecule has 5 nitrogen and oxygen atoms in total. The molecule has 1 aliphatic heterocycles. The van der Waals surface area contributed by atoms with Crippen LogP contribution in [0.2, 0.25) is 5.02 Å².